The van der Waals surface area contributed by atoms with Gasteiger partial charge in [-0.15, -0.1) is 11.8 Å². The lowest BCUT2D eigenvalue weighted by atomic mass is 10.0. The van der Waals surface area contributed by atoms with Crippen LogP contribution in [0.5, 0.6) is 0 Å². The van der Waals surface area contributed by atoms with E-state index in [-0.39, 0.29) is 18.1 Å². The molecule has 27 heavy (non-hydrogen) atoms. The molecular formula is C15H16N6O5S. The number of amides is 2. The third-order valence-electron chi connectivity index (χ3n) is 3.82. The first kappa shape index (κ1) is 18.6. The highest BCUT2D eigenvalue weighted by molar-refractivity contribution is 8.00. The number of β-lactam (4-membered cyclic amide) rings is 1. The third kappa shape index (κ3) is 3.84. The van der Waals surface area contributed by atoms with Crippen LogP contribution in [0.1, 0.15) is 12.7 Å². The van der Waals surface area contributed by atoms with Gasteiger partial charge in [0.1, 0.15) is 29.1 Å². The number of hydrogen-bond acceptors (Lipinski definition) is 9. The zero-order valence-electron chi connectivity index (χ0n) is 14.2. The van der Waals surface area contributed by atoms with Crippen LogP contribution in [0.3, 0.4) is 0 Å². The first-order valence-electron chi connectivity index (χ1n) is 7.79. The van der Waals surface area contributed by atoms with E-state index in [1.165, 1.54) is 28.9 Å². The Labute approximate surface area is 157 Å². The largest absolute Gasteiger partial charge is 0.477 e. The van der Waals surface area contributed by atoms with Crippen molar-refractivity contribution in [1.29, 1.82) is 0 Å². The van der Waals surface area contributed by atoms with Gasteiger partial charge in [-0.2, -0.15) is 0 Å². The highest BCUT2D eigenvalue weighted by atomic mass is 32.2. The molecule has 1 aromatic rings. The highest BCUT2D eigenvalue weighted by Gasteiger charge is 2.53. The normalized spacial score (nSPS) is 21.7. The summed E-state index contributed by atoms with van der Waals surface area (Å²) in [5.74, 6) is -1.20. The zero-order chi connectivity index (χ0) is 19.6. The van der Waals surface area contributed by atoms with Gasteiger partial charge in [0.15, 0.2) is 12.4 Å². The van der Waals surface area contributed by atoms with Crippen molar-refractivity contribution in [3.8, 4) is 0 Å². The summed E-state index contributed by atoms with van der Waals surface area (Å²) in [7, 11) is 0. The lowest BCUT2D eigenvalue weighted by Crippen LogP contribution is -2.70. The fourth-order valence-corrected chi connectivity index (χ4v) is 3.92. The van der Waals surface area contributed by atoms with Crippen LogP contribution in [-0.2, 0) is 25.8 Å². The number of nitrogens with one attached hydrogen (secondary N) is 1. The third-order valence-corrected chi connectivity index (χ3v) is 5.25. The number of oxime groups is 1. The lowest BCUT2D eigenvalue weighted by Gasteiger charge is -2.49. The molecule has 1 saturated heterocycles. The summed E-state index contributed by atoms with van der Waals surface area (Å²) in [4.78, 5) is 49.4. The minimum absolute atomic E-state index is 0.0200. The van der Waals surface area contributed by atoms with Gasteiger partial charge in [0, 0.05) is 11.9 Å². The van der Waals surface area contributed by atoms with Crippen LogP contribution < -0.4 is 11.1 Å². The molecule has 0 saturated carbocycles. The molecule has 2 aliphatic heterocycles. The van der Waals surface area contributed by atoms with Gasteiger partial charge >= 0.3 is 5.97 Å². The van der Waals surface area contributed by atoms with Crippen molar-refractivity contribution in [3.63, 3.8) is 0 Å². The van der Waals surface area contributed by atoms with Gasteiger partial charge in [-0.3, -0.25) is 14.5 Å². The summed E-state index contributed by atoms with van der Waals surface area (Å²) in [5.41, 5.74) is 6.10. The second-order valence-corrected chi connectivity index (χ2v) is 6.84. The standard InChI is InChI=1S/C15H16N6O5S/c1-7-6-27-14-11(13(23)21(14)12(7)15(24)25)20-10(22)4-18-26-5-9-17-3-2-8(16)19-9/h2-4,11,14H,5-6H2,1H3,(H,20,22)(H,24,25)(H2,16,17,19)/b18-4+. The predicted molar refractivity (Wildman–Crippen MR) is 95.1 cm³/mol. The molecule has 0 spiro atoms. The van der Waals surface area contributed by atoms with Crippen molar-refractivity contribution in [2.45, 2.75) is 24.9 Å². The number of nitrogens with two attached hydrogens (primary N) is 1. The van der Waals surface area contributed by atoms with Gasteiger partial charge in [0.2, 0.25) is 0 Å². The van der Waals surface area contributed by atoms with Gasteiger partial charge in [-0.25, -0.2) is 14.8 Å². The van der Waals surface area contributed by atoms with Crippen molar-refractivity contribution < 1.29 is 24.3 Å². The van der Waals surface area contributed by atoms with E-state index in [2.05, 4.69) is 20.4 Å². The predicted octanol–water partition coefficient (Wildman–Crippen LogP) is -0.680. The van der Waals surface area contributed by atoms with E-state index in [1.54, 1.807) is 6.92 Å². The number of rotatable bonds is 6. The summed E-state index contributed by atoms with van der Waals surface area (Å²) in [6.07, 6.45) is 2.35. The number of nitrogens with zero attached hydrogens (tertiary/aromatic N) is 4. The topological polar surface area (TPSA) is 160 Å². The zero-order valence-corrected chi connectivity index (χ0v) is 15.0. The number of anilines is 1. The van der Waals surface area contributed by atoms with E-state index in [0.29, 0.717) is 17.2 Å². The van der Waals surface area contributed by atoms with Crippen LogP contribution in [-0.4, -0.2) is 61.1 Å². The van der Waals surface area contributed by atoms with Crippen molar-refractivity contribution in [2.24, 2.45) is 5.16 Å². The molecule has 3 heterocycles. The van der Waals surface area contributed by atoms with E-state index in [0.717, 1.165) is 6.21 Å². The fourth-order valence-electron chi connectivity index (χ4n) is 2.63. The van der Waals surface area contributed by atoms with Crippen molar-refractivity contribution in [2.75, 3.05) is 11.5 Å². The molecule has 142 valence electrons. The molecule has 1 fully saturated rings. The Balaban J connectivity index is 1.52. The van der Waals surface area contributed by atoms with Crippen LogP contribution in [0.2, 0.25) is 0 Å². The molecule has 0 bridgehead atoms. The fraction of sp³-hybridized carbons (Fsp3) is 0.333. The Morgan fingerprint density at radius 2 is 2.37 bits per heavy atom. The van der Waals surface area contributed by atoms with Crippen LogP contribution in [0.15, 0.2) is 28.7 Å². The Morgan fingerprint density at radius 3 is 3.07 bits per heavy atom. The van der Waals surface area contributed by atoms with Gasteiger partial charge in [-0.05, 0) is 18.6 Å². The maximum absolute atomic E-state index is 12.2. The first-order valence-corrected chi connectivity index (χ1v) is 8.84. The van der Waals surface area contributed by atoms with Crippen molar-refractivity contribution in [3.05, 3.63) is 29.4 Å². The second kappa shape index (κ2) is 7.61. The number of carbonyl (C=O) groups is 3. The number of carboxylic acid groups (broad SMARTS) is 1. The molecule has 12 heteroatoms. The number of aromatic nitrogens is 2. The average Bonchev–Trinajstić information content (AvgIpc) is 2.63. The number of carboxylic acids is 1. The Bertz CT molecular complexity index is 857. The van der Waals surface area contributed by atoms with Gasteiger partial charge in [-0.1, -0.05) is 5.16 Å². The molecule has 0 aromatic carbocycles. The molecular weight excluding hydrogens is 376 g/mol. The smallest absolute Gasteiger partial charge is 0.352 e. The summed E-state index contributed by atoms with van der Waals surface area (Å²) in [5, 5.41) is 14.8. The minimum atomic E-state index is -1.16. The maximum atomic E-state index is 12.2. The molecule has 2 atom stereocenters. The van der Waals surface area contributed by atoms with Crippen LogP contribution in [0.4, 0.5) is 5.82 Å². The average molecular weight is 392 g/mol. The number of thioether (sulfide) groups is 1. The number of hydrogen-bond donors (Lipinski definition) is 3. The number of carbonyl (C=O) groups excluding carboxylic acids is 2. The number of aliphatic carboxylic acids is 1. The lowest BCUT2D eigenvalue weighted by molar-refractivity contribution is -0.150. The summed E-state index contributed by atoms with van der Waals surface area (Å²) >= 11 is 1.39. The van der Waals surface area contributed by atoms with Gasteiger partial charge in [0.25, 0.3) is 11.8 Å². The van der Waals surface area contributed by atoms with Crippen LogP contribution in [0, 0.1) is 0 Å². The molecule has 3 rings (SSSR count). The SMILES string of the molecule is CC1=C(C(=O)O)N2C(=O)C(NC(=O)/C=N/OCc3nccc(N)n3)C2SC1. The van der Waals surface area contributed by atoms with Crippen molar-refractivity contribution >= 4 is 41.6 Å². The quantitative estimate of drug-likeness (QED) is 0.324. The summed E-state index contributed by atoms with van der Waals surface area (Å²) < 4.78 is 0. The molecule has 4 N–H and O–H groups in total. The molecule has 2 unspecified atom stereocenters. The van der Waals surface area contributed by atoms with Gasteiger partial charge < -0.3 is 21.0 Å². The minimum Gasteiger partial charge on any atom is -0.477 e. The molecule has 11 nitrogen and oxygen atoms in total. The highest BCUT2D eigenvalue weighted by Crippen LogP contribution is 2.39. The number of nitrogen functional groups attached to an aromatic ring is 1. The van der Waals surface area contributed by atoms with E-state index in [1.807, 2.05) is 0 Å². The Kier molecular flexibility index (Phi) is 5.26. The molecule has 1 aromatic heterocycles. The van der Waals surface area contributed by atoms with E-state index in [9.17, 15) is 19.5 Å². The Morgan fingerprint density at radius 1 is 1.59 bits per heavy atom. The molecule has 0 radical (unpaired) electrons. The van der Waals surface area contributed by atoms with E-state index < -0.39 is 29.2 Å². The monoisotopic (exact) mass is 392 g/mol. The van der Waals surface area contributed by atoms with E-state index >= 15 is 0 Å². The maximum Gasteiger partial charge on any atom is 0.352 e. The second-order valence-electron chi connectivity index (χ2n) is 5.74. The summed E-state index contributed by atoms with van der Waals surface area (Å²) in [6.45, 7) is 1.59. The Hall–Kier alpha value is -3.15. The molecule has 2 amide bonds. The number of fused-ring (bicyclic) bond motifs is 1. The van der Waals surface area contributed by atoms with E-state index in [4.69, 9.17) is 10.6 Å². The summed E-state index contributed by atoms with van der Waals surface area (Å²) in [6, 6.07) is 0.711. The molecule has 0 aliphatic carbocycles. The van der Waals surface area contributed by atoms with Gasteiger partial charge in [0.05, 0.1) is 0 Å². The van der Waals surface area contributed by atoms with Crippen LogP contribution >= 0.6 is 11.8 Å². The first-order chi connectivity index (χ1) is 12.9. The molecule has 2 aliphatic rings. The van der Waals surface area contributed by atoms with Crippen LogP contribution in [0.25, 0.3) is 0 Å². The van der Waals surface area contributed by atoms with Crippen molar-refractivity contribution in [1.82, 2.24) is 20.2 Å².